The van der Waals surface area contributed by atoms with Gasteiger partial charge in [0.1, 0.15) is 16.5 Å². The van der Waals surface area contributed by atoms with Gasteiger partial charge in [-0.05, 0) is 23.8 Å². The summed E-state index contributed by atoms with van der Waals surface area (Å²) in [6, 6.07) is 5.01. The van der Waals surface area contributed by atoms with Gasteiger partial charge in [0.05, 0.1) is 12.3 Å². The number of carboxylic acid groups (broad SMARTS) is 1. The molecular weight excluding hydrogens is 315 g/mol. The number of aromatic nitrogens is 1. The smallest absolute Gasteiger partial charge is 0.493 e. The third kappa shape index (κ3) is 2.39. The SMILES string of the molecule is Nc1c(F)c(-c2ccc3c(c2)CCO3)nc(OC(=O)O)c1Cl. The molecule has 0 radical (unpaired) electrons. The van der Waals surface area contributed by atoms with Crippen molar-refractivity contribution in [3.63, 3.8) is 0 Å². The minimum atomic E-state index is -1.62. The molecule has 0 fully saturated rings. The third-order valence-electron chi connectivity index (χ3n) is 3.23. The van der Waals surface area contributed by atoms with Crippen molar-refractivity contribution in [2.45, 2.75) is 6.42 Å². The van der Waals surface area contributed by atoms with Gasteiger partial charge in [0.2, 0.25) is 5.88 Å². The molecule has 1 aromatic carbocycles. The van der Waals surface area contributed by atoms with Crippen molar-refractivity contribution in [3.8, 4) is 22.9 Å². The van der Waals surface area contributed by atoms with E-state index in [0.29, 0.717) is 18.6 Å². The Morgan fingerprint density at radius 2 is 2.27 bits per heavy atom. The van der Waals surface area contributed by atoms with Crippen LogP contribution in [0.25, 0.3) is 11.3 Å². The van der Waals surface area contributed by atoms with Crippen molar-refractivity contribution in [1.82, 2.24) is 4.98 Å². The van der Waals surface area contributed by atoms with Gasteiger partial charge in [0.15, 0.2) is 5.82 Å². The summed E-state index contributed by atoms with van der Waals surface area (Å²) in [7, 11) is 0. The Balaban J connectivity index is 2.13. The van der Waals surface area contributed by atoms with Gasteiger partial charge in [-0.15, -0.1) is 0 Å². The van der Waals surface area contributed by atoms with Crippen LogP contribution in [0.5, 0.6) is 11.6 Å². The average Bonchev–Trinajstić information content (AvgIpc) is 2.95. The van der Waals surface area contributed by atoms with E-state index in [1.807, 2.05) is 0 Å². The van der Waals surface area contributed by atoms with Crippen LogP contribution in [-0.2, 0) is 6.42 Å². The predicted octanol–water partition coefficient (Wildman–Crippen LogP) is 3.12. The number of carbonyl (C=O) groups is 1. The van der Waals surface area contributed by atoms with Crippen molar-refractivity contribution in [2.75, 3.05) is 12.3 Å². The van der Waals surface area contributed by atoms with Crippen LogP contribution in [0.15, 0.2) is 18.2 Å². The molecule has 0 amide bonds. The second kappa shape index (κ2) is 5.34. The highest BCUT2D eigenvalue weighted by Gasteiger charge is 2.22. The molecule has 0 unspecified atom stereocenters. The van der Waals surface area contributed by atoms with Gasteiger partial charge < -0.3 is 20.3 Å². The lowest BCUT2D eigenvalue weighted by atomic mass is 10.0. The first-order chi connectivity index (χ1) is 10.5. The minimum absolute atomic E-state index is 0.132. The van der Waals surface area contributed by atoms with Gasteiger partial charge in [-0.3, -0.25) is 0 Å². The van der Waals surface area contributed by atoms with Crippen LogP contribution in [0.1, 0.15) is 5.56 Å². The molecular formula is C14H10ClFN2O4. The van der Waals surface area contributed by atoms with Crippen molar-refractivity contribution >= 4 is 23.4 Å². The zero-order valence-electron chi connectivity index (χ0n) is 11.1. The average molecular weight is 325 g/mol. The van der Waals surface area contributed by atoms with E-state index in [9.17, 15) is 9.18 Å². The largest absolute Gasteiger partial charge is 0.512 e. The van der Waals surface area contributed by atoms with Gasteiger partial charge in [0.25, 0.3) is 0 Å². The van der Waals surface area contributed by atoms with Gasteiger partial charge in [-0.25, -0.2) is 14.2 Å². The number of pyridine rings is 1. The highest BCUT2D eigenvalue weighted by Crippen LogP contribution is 2.37. The van der Waals surface area contributed by atoms with E-state index in [2.05, 4.69) is 9.72 Å². The first-order valence-electron chi connectivity index (χ1n) is 6.28. The molecule has 0 saturated heterocycles. The Labute approximate surface area is 129 Å². The summed E-state index contributed by atoms with van der Waals surface area (Å²) < 4.78 is 24.1. The maximum Gasteiger partial charge on any atom is 0.512 e. The lowest BCUT2D eigenvalue weighted by Gasteiger charge is -2.11. The highest BCUT2D eigenvalue weighted by molar-refractivity contribution is 6.34. The van der Waals surface area contributed by atoms with E-state index in [0.717, 1.165) is 11.3 Å². The monoisotopic (exact) mass is 324 g/mol. The summed E-state index contributed by atoms with van der Waals surface area (Å²) in [6.07, 6.45) is -0.916. The quantitative estimate of drug-likeness (QED) is 0.824. The molecule has 1 aliphatic heterocycles. The zero-order chi connectivity index (χ0) is 15.9. The lowest BCUT2D eigenvalue weighted by molar-refractivity contribution is 0.142. The predicted molar refractivity (Wildman–Crippen MR) is 76.9 cm³/mol. The van der Waals surface area contributed by atoms with Gasteiger partial charge in [-0.1, -0.05) is 11.6 Å². The maximum absolute atomic E-state index is 14.3. The van der Waals surface area contributed by atoms with E-state index in [1.165, 1.54) is 0 Å². The zero-order valence-corrected chi connectivity index (χ0v) is 11.9. The first kappa shape index (κ1) is 14.4. The second-order valence-electron chi connectivity index (χ2n) is 4.60. The molecule has 0 spiro atoms. The van der Waals surface area contributed by atoms with E-state index in [1.54, 1.807) is 18.2 Å². The number of nitrogen functional groups attached to an aromatic ring is 1. The molecule has 2 heterocycles. The van der Waals surface area contributed by atoms with Crippen LogP contribution in [-0.4, -0.2) is 22.9 Å². The Hall–Kier alpha value is -2.54. The molecule has 3 N–H and O–H groups in total. The molecule has 22 heavy (non-hydrogen) atoms. The summed E-state index contributed by atoms with van der Waals surface area (Å²) in [6.45, 7) is 0.560. The van der Waals surface area contributed by atoms with E-state index < -0.39 is 23.5 Å². The number of hydrogen-bond donors (Lipinski definition) is 2. The van der Waals surface area contributed by atoms with Gasteiger partial charge in [-0.2, -0.15) is 0 Å². The topological polar surface area (TPSA) is 94.7 Å². The summed E-state index contributed by atoms with van der Waals surface area (Å²) in [5.74, 6) is -0.561. The number of halogens is 2. The number of anilines is 1. The van der Waals surface area contributed by atoms with Crippen molar-refractivity contribution in [3.05, 3.63) is 34.6 Å². The second-order valence-corrected chi connectivity index (χ2v) is 4.97. The number of fused-ring (bicyclic) bond motifs is 1. The minimum Gasteiger partial charge on any atom is -0.493 e. The van der Waals surface area contributed by atoms with Crippen LogP contribution in [0.3, 0.4) is 0 Å². The fourth-order valence-electron chi connectivity index (χ4n) is 2.21. The van der Waals surface area contributed by atoms with Crippen LogP contribution < -0.4 is 15.2 Å². The molecule has 8 heteroatoms. The van der Waals surface area contributed by atoms with Crippen LogP contribution in [0, 0.1) is 5.82 Å². The molecule has 3 rings (SSSR count). The Bertz CT molecular complexity index is 782. The molecule has 0 saturated carbocycles. The Morgan fingerprint density at radius 3 is 3.00 bits per heavy atom. The van der Waals surface area contributed by atoms with Crippen LogP contribution in [0.2, 0.25) is 5.02 Å². The Morgan fingerprint density at radius 1 is 1.50 bits per heavy atom. The van der Waals surface area contributed by atoms with Crippen molar-refractivity contribution in [2.24, 2.45) is 0 Å². The molecule has 0 atom stereocenters. The molecule has 0 bridgehead atoms. The first-order valence-corrected chi connectivity index (χ1v) is 6.66. The van der Waals surface area contributed by atoms with Gasteiger partial charge >= 0.3 is 6.16 Å². The number of ether oxygens (including phenoxy) is 2. The summed E-state index contributed by atoms with van der Waals surface area (Å²) >= 11 is 5.76. The normalized spacial score (nSPS) is 12.6. The lowest BCUT2D eigenvalue weighted by Crippen LogP contribution is -2.08. The number of nitrogens with zero attached hydrogens (tertiary/aromatic N) is 1. The van der Waals surface area contributed by atoms with E-state index >= 15 is 0 Å². The summed E-state index contributed by atoms with van der Waals surface area (Å²) in [5, 5.41) is 8.29. The molecule has 114 valence electrons. The van der Waals surface area contributed by atoms with Crippen LogP contribution >= 0.6 is 11.6 Å². The number of hydrogen-bond acceptors (Lipinski definition) is 5. The molecule has 2 aromatic rings. The fourth-order valence-corrected chi connectivity index (χ4v) is 2.38. The number of benzene rings is 1. The van der Waals surface area contributed by atoms with Gasteiger partial charge in [0, 0.05) is 12.0 Å². The maximum atomic E-state index is 14.3. The van der Waals surface area contributed by atoms with Crippen molar-refractivity contribution < 1.29 is 23.8 Å². The summed E-state index contributed by atoms with van der Waals surface area (Å²) in [4.78, 5) is 14.5. The molecule has 1 aromatic heterocycles. The summed E-state index contributed by atoms with van der Waals surface area (Å²) in [5.41, 5.74) is 6.36. The number of nitrogens with two attached hydrogens (primary N) is 1. The Kier molecular flexibility index (Phi) is 3.50. The molecule has 6 nitrogen and oxygen atoms in total. The van der Waals surface area contributed by atoms with Crippen molar-refractivity contribution in [1.29, 1.82) is 0 Å². The fraction of sp³-hybridized carbons (Fsp3) is 0.143. The molecule has 0 aliphatic carbocycles. The molecule has 1 aliphatic rings. The van der Waals surface area contributed by atoms with Crippen LogP contribution in [0.4, 0.5) is 14.9 Å². The van der Waals surface area contributed by atoms with E-state index in [-0.39, 0.29) is 10.7 Å². The third-order valence-corrected chi connectivity index (χ3v) is 3.59. The van der Waals surface area contributed by atoms with E-state index in [4.69, 9.17) is 27.2 Å². The standard InChI is InChI=1S/C14H10ClFN2O4/c15-9-11(17)10(16)12(18-13(9)22-14(19)20)7-1-2-8-6(5-7)3-4-21-8/h1-2,5H,3-4H2,(H2,17,18)(H,19,20). The number of rotatable bonds is 2. The highest BCUT2D eigenvalue weighted by atomic mass is 35.5.